The number of carbonyl (C=O) groups excluding carboxylic acids is 1. The van der Waals surface area contributed by atoms with E-state index in [1.54, 1.807) is 7.11 Å². The Hall–Kier alpha value is -1.03. The summed E-state index contributed by atoms with van der Waals surface area (Å²) >= 11 is 3.39. The number of rotatable bonds is 6. The van der Waals surface area contributed by atoms with Gasteiger partial charge in [0.25, 0.3) is 0 Å². The number of hydrogen-bond donors (Lipinski definition) is 0. The Morgan fingerprint density at radius 1 is 1.41 bits per heavy atom. The summed E-state index contributed by atoms with van der Waals surface area (Å²) in [5, 5.41) is 0. The summed E-state index contributed by atoms with van der Waals surface area (Å²) < 4.78 is 11.2. The number of ether oxygens (including phenoxy) is 2. The molecule has 3 nitrogen and oxygen atoms in total. The van der Waals surface area contributed by atoms with Crippen molar-refractivity contribution in [3.63, 3.8) is 0 Å². The number of benzene rings is 1. The molecule has 1 aromatic rings. The van der Waals surface area contributed by atoms with Gasteiger partial charge in [-0.1, -0.05) is 22.0 Å². The Bertz CT molecular complexity index is 377. The molecule has 94 valence electrons. The fraction of sp³-hybridized carbons (Fsp3) is 0.462. The Balaban J connectivity index is 2.49. The molecule has 0 heterocycles. The molecule has 0 atom stereocenters. The monoisotopic (exact) mass is 300 g/mol. The lowest BCUT2D eigenvalue weighted by molar-refractivity contribution is -0.143. The number of halogens is 1. The summed E-state index contributed by atoms with van der Waals surface area (Å²) in [5.74, 6) is 0.715. The van der Waals surface area contributed by atoms with Crippen LogP contribution in [0.4, 0.5) is 0 Å². The Kier molecular flexibility index (Phi) is 6.05. The van der Waals surface area contributed by atoms with Crippen molar-refractivity contribution in [1.82, 2.24) is 0 Å². The first-order valence-electron chi connectivity index (χ1n) is 5.65. The van der Waals surface area contributed by atoms with Crippen molar-refractivity contribution in [2.24, 2.45) is 0 Å². The van der Waals surface area contributed by atoms with Crippen LogP contribution in [0.25, 0.3) is 0 Å². The van der Waals surface area contributed by atoms with Gasteiger partial charge < -0.3 is 9.47 Å². The van der Waals surface area contributed by atoms with Crippen LogP contribution < -0.4 is 4.74 Å². The highest BCUT2D eigenvalue weighted by molar-refractivity contribution is 9.10. The molecule has 0 amide bonds. The van der Waals surface area contributed by atoms with Gasteiger partial charge in [-0.05, 0) is 37.5 Å². The van der Waals surface area contributed by atoms with Gasteiger partial charge in [-0.3, -0.25) is 4.79 Å². The van der Waals surface area contributed by atoms with Gasteiger partial charge in [0, 0.05) is 10.9 Å². The Labute approximate surface area is 110 Å². The van der Waals surface area contributed by atoms with Crippen molar-refractivity contribution in [2.75, 3.05) is 13.7 Å². The SMILES string of the molecule is CCOC(=O)CCCc1ccc(Br)cc1OC. The van der Waals surface area contributed by atoms with E-state index in [0.717, 1.165) is 28.6 Å². The third kappa shape index (κ3) is 4.77. The molecule has 0 aliphatic carbocycles. The van der Waals surface area contributed by atoms with E-state index in [4.69, 9.17) is 9.47 Å². The van der Waals surface area contributed by atoms with E-state index in [0.29, 0.717) is 13.0 Å². The summed E-state index contributed by atoms with van der Waals surface area (Å²) in [4.78, 5) is 11.2. The molecule has 17 heavy (non-hydrogen) atoms. The van der Waals surface area contributed by atoms with E-state index < -0.39 is 0 Å². The molecular weight excluding hydrogens is 284 g/mol. The second-order valence-electron chi connectivity index (χ2n) is 3.61. The number of methoxy groups -OCH3 is 1. The van der Waals surface area contributed by atoms with Gasteiger partial charge in [-0.2, -0.15) is 0 Å². The van der Waals surface area contributed by atoms with Crippen LogP contribution in [0.3, 0.4) is 0 Å². The molecule has 1 aromatic carbocycles. The van der Waals surface area contributed by atoms with Gasteiger partial charge in [-0.15, -0.1) is 0 Å². The second-order valence-corrected chi connectivity index (χ2v) is 4.53. The van der Waals surface area contributed by atoms with Crippen LogP contribution >= 0.6 is 15.9 Å². The number of esters is 1. The lowest BCUT2D eigenvalue weighted by atomic mass is 10.1. The molecule has 0 aliphatic rings. The molecule has 0 aromatic heterocycles. The highest BCUT2D eigenvalue weighted by Crippen LogP contribution is 2.24. The molecule has 0 radical (unpaired) electrons. The average molecular weight is 301 g/mol. The van der Waals surface area contributed by atoms with Gasteiger partial charge in [-0.25, -0.2) is 0 Å². The minimum atomic E-state index is -0.136. The van der Waals surface area contributed by atoms with E-state index in [1.807, 2.05) is 25.1 Å². The van der Waals surface area contributed by atoms with Crippen LogP contribution in [0.5, 0.6) is 5.75 Å². The van der Waals surface area contributed by atoms with Crippen LogP contribution in [0.2, 0.25) is 0 Å². The summed E-state index contributed by atoms with van der Waals surface area (Å²) in [5.41, 5.74) is 1.11. The zero-order valence-corrected chi connectivity index (χ0v) is 11.7. The Morgan fingerprint density at radius 2 is 2.18 bits per heavy atom. The lowest BCUT2D eigenvalue weighted by Gasteiger charge is -2.08. The summed E-state index contributed by atoms with van der Waals surface area (Å²) in [6.07, 6.45) is 2.04. The fourth-order valence-electron chi connectivity index (χ4n) is 1.58. The average Bonchev–Trinajstić information content (AvgIpc) is 2.31. The maximum atomic E-state index is 11.2. The van der Waals surface area contributed by atoms with Gasteiger partial charge >= 0.3 is 5.97 Å². The molecule has 0 saturated heterocycles. The van der Waals surface area contributed by atoms with Crippen molar-refractivity contribution in [3.05, 3.63) is 28.2 Å². The summed E-state index contributed by atoms with van der Waals surface area (Å²) in [7, 11) is 1.65. The third-order valence-electron chi connectivity index (χ3n) is 2.38. The van der Waals surface area contributed by atoms with Crippen LogP contribution in [0.1, 0.15) is 25.3 Å². The minimum absolute atomic E-state index is 0.136. The Morgan fingerprint density at radius 3 is 2.82 bits per heavy atom. The maximum absolute atomic E-state index is 11.2. The molecule has 0 N–H and O–H groups in total. The predicted octanol–water partition coefficient (Wildman–Crippen LogP) is 3.34. The van der Waals surface area contributed by atoms with E-state index in [1.165, 1.54) is 0 Å². The van der Waals surface area contributed by atoms with Crippen molar-refractivity contribution in [3.8, 4) is 5.75 Å². The first-order valence-corrected chi connectivity index (χ1v) is 6.44. The van der Waals surface area contributed by atoms with Crippen molar-refractivity contribution < 1.29 is 14.3 Å². The molecule has 4 heteroatoms. The smallest absolute Gasteiger partial charge is 0.305 e. The summed E-state index contributed by atoms with van der Waals surface area (Å²) in [6.45, 7) is 2.26. The minimum Gasteiger partial charge on any atom is -0.496 e. The standard InChI is InChI=1S/C13H17BrO3/c1-3-17-13(15)6-4-5-10-7-8-11(14)9-12(10)16-2/h7-9H,3-6H2,1-2H3. The van der Waals surface area contributed by atoms with E-state index in [9.17, 15) is 4.79 Å². The van der Waals surface area contributed by atoms with Crippen LogP contribution in [0, 0.1) is 0 Å². The molecule has 0 aliphatic heterocycles. The van der Waals surface area contributed by atoms with Crippen LogP contribution in [-0.4, -0.2) is 19.7 Å². The molecule has 0 saturated carbocycles. The number of aryl methyl sites for hydroxylation is 1. The number of carbonyl (C=O) groups is 1. The van der Waals surface area contributed by atoms with E-state index in [-0.39, 0.29) is 5.97 Å². The number of hydrogen-bond acceptors (Lipinski definition) is 3. The third-order valence-corrected chi connectivity index (χ3v) is 2.87. The van der Waals surface area contributed by atoms with Gasteiger partial charge in [0.2, 0.25) is 0 Å². The normalized spacial score (nSPS) is 10.1. The quantitative estimate of drug-likeness (QED) is 0.756. The topological polar surface area (TPSA) is 35.5 Å². The zero-order valence-electron chi connectivity index (χ0n) is 10.2. The van der Waals surface area contributed by atoms with Gasteiger partial charge in [0.15, 0.2) is 0 Å². The largest absolute Gasteiger partial charge is 0.496 e. The van der Waals surface area contributed by atoms with Crippen LogP contribution in [-0.2, 0) is 16.0 Å². The van der Waals surface area contributed by atoms with Gasteiger partial charge in [0.1, 0.15) is 5.75 Å². The summed E-state index contributed by atoms with van der Waals surface area (Å²) in [6, 6.07) is 5.91. The first-order chi connectivity index (χ1) is 8.17. The second kappa shape index (κ2) is 7.33. The van der Waals surface area contributed by atoms with Crippen molar-refractivity contribution in [1.29, 1.82) is 0 Å². The highest BCUT2D eigenvalue weighted by atomic mass is 79.9. The van der Waals surface area contributed by atoms with E-state index >= 15 is 0 Å². The predicted molar refractivity (Wildman–Crippen MR) is 70.3 cm³/mol. The maximum Gasteiger partial charge on any atom is 0.305 e. The molecule has 0 spiro atoms. The highest BCUT2D eigenvalue weighted by Gasteiger charge is 2.06. The fourth-order valence-corrected chi connectivity index (χ4v) is 1.92. The van der Waals surface area contributed by atoms with Crippen molar-refractivity contribution in [2.45, 2.75) is 26.2 Å². The lowest BCUT2D eigenvalue weighted by Crippen LogP contribution is -2.04. The van der Waals surface area contributed by atoms with Gasteiger partial charge in [0.05, 0.1) is 13.7 Å². The molecular formula is C13H17BrO3. The zero-order chi connectivity index (χ0) is 12.7. The molecule has 0 bridgehead atoms. The van der Waals surface area contributed by atoms with Crippen molar-refractivity contribution >= 4 is 21.9 Å². The van der Waals surface area contributed by atoms with Crippen LogP contribution in [0.15, 0.2) is 22.7 Å². The first kappa shape index (κ1) is 14.0. The molecule has 0 fully saturated rings. The molecule has 0 unspecified atom stereocenters. The van der Waals surface area contributed by atoms with E-state index in [2.05, 4.69) is 15.9 Å². The molecule has 1 rings (SSSR count).